The van der Waals surface area contributed by atoms with Crippen molar-refractivity contribution in [1.29, 1.82) is 0 Å². The molecule has 4 N–H and O–H groups in total. The number of aryl methyl sites for hydroxylation is 1. The molecule has 16 heavy (non-hydrogen) atoms. The maximum atomic E-state index is 11.6. The van der Waals surface area contributed by atoms with E-state index in [-0.39, 0.29) is 11.6 Å². The van der Waals surface area contributed by atoms with Gasteiger partial charge in [-0.1, -0.05) is 6.92 Å². The minimum Gasteiger partial charge on any atom is -0.395 e. The van der Waals surface area contributed by atoms with Crippen molar-refractivity contribution in [3.63, 3.8) is 0 Å². The summed E-state index contributed by atoms with van der Waals surface area (Å²) in [6.45, 7) is 5.44. The van der Waals surface area contributed by atoms with E-state index >= 15 is 0 Å². The number of nitrogens with one attached hydrogen (secondary N) is 2. The molecular weight excluding hydrogens is 208 g/mol. The maximum Gasteiger partial charge on any atom is 0.274 e. The number of anilines is 1. The molecule has 1 rings (SSSR count). The van der Waals surface area contributed by atoms with Gasteiger partial charge in [0.25, 0.3) is 5.91 Å². The van der Waals surface area contributed by atoms with Gasteiger partial charge in [0, 0.05) is 13.2 Å². The van der Waals surface area contributed by atoms with Crippen LogP contribution in [0.1, 0.15) is 30.0 Å². The van der Waals surface area contributed by atoms with E-state index < -0.39 is 0 Å². The van der Waals surface area contributed by atoms with E-state index in [1.807, 2.05) is 13.8 Å². The van der Waals surface area contributed by atoms with Crippen LogP contribution in [0.3, 0.4) is 0 Å². The van der Waals surface area contributed by atoms with Crippen molar-refractivity contribution in [3.8, 4) is 0 Å². The highest BCUT2D eigenvalue weighted by Gasteiger charge is 2.15. The number of aromatic amines is 1. The summed E-state index contributed by atoms with van der Waals surface area (Å²) in [6, 6.07) is 0. The van der Waals surface area contributed by atoms with Crippen molar-refractivity contribution >= 4 is 11.6 Å². The van der Waals surface area contributed by atoms with Gasteiger partial charge in [-0.15, -0.1) is 0 Å². The van der Waals surface area contributed by atoms with Gasteiger partial charge in [-0.2, -0.15) is 5.10 Å². The number of amides is 1. The topological polar surface area (TPSA) is 93.0 Å². The van der Waals surface area contributed by atoms with Crippen LogP contribution in [0.2, 0.25) is 0 Å². The fourth-order valence-corrected chi connectivity index (χ4v) is 1.29. The molecule has 0 aliphatic heterocycles. The zero-order chi connectivity index (χ0) is 12.0. The van der Waals surface area contributed by atoms with Gasteiger partial charge < -0.3 is 15.8 Å². The van der Waals surface area contributed by atoms with Crippen molar-refractivity contribution in [2.75, 3.05) is 25.5 Å². The second kappa shape index (κ2) is 6.12. The van der Waals surface area contributed by atoms with Crippen LogP contribution in [-0.4, -0.2) is 35.9 Å². The van der Waals surface area contributed by atoms with Crippen molar-refractivity contribution < 1.29 is 9.53 Å². The zero-order valence-electron chi connectivity index (χ0n) is 9.67. The molecule has 0 fully saturated rings. The van der Waals surface area contributed by atoms with Gasteiger partial charge in [-0.3, -0.25) is 9.89 Å². The number of rotatable bonds is 6. The average molecular weight is 226 g/mol. The van der Waals surface area contributed by atoms with Gasteiger partial charge >= 0.3 is 0 Å². The lowest BCUT2D eigenvalue weighted by atomic mass is 10.2. The van der Waals surface area contributed by atoms with E-state index in [0.29, 0.717) is 25.4 Å². The molecule has 0 aromatic carbocycles. The maximum absolute atomic E-state index is 11.6. The van der Waals surface area contributed by atoms with Gasteiger partial charge in [-0.25, -0.2) is 0 Å². The van der Waals surface area contributed by atoms with Crippen LogP contribution in [0.5, 0.6) is 0 Å². The second-order valence-corrected chi connectivity index (χ2v) is 3.27. The Kier molecular flexibility index (Phi) is 4.78. The van der Waals surface area contributed by atoms with Gasteiger partial charge in [0.05, 0.1) is 18.0 Å². The lowest BCUT2D eigenvalue weighted by Crippen LogP contribution is -2.28. The lowest BCUT2D eigenvalue weighted by Gasteiger charge is -2.03. The smallest absolute Gasteiger partial charge is 0.274 e. The van der Waals surface area contributed by atoms with E-state index in [0.717, 1.165) is 12.1 Å². The number of ether oxygens (including phenoxy) is 1. The van der Waals surface area contributed by atoms with Gasteiger partial charge in [0.1, 0.15) is 0 Å². The quantitative estimate of drug-likeness (QED) is 0.609. The van der Waals surface area contributed by atoms with Crippen LogP contribution in [0.15, 0.2) is 0 Å². The third-order valence-corrected chi connectivity index (χ3v) is 2.19. The highest BCUT2D eigenvalue weighted by atomic mass is 16.5. The Morgan fingerprint density at radius 3 is 2.88 bits per heavy atom. The fourth-order valence-electron chi connectivity index (χ4n) is 1.29. The number of nitrogen functional groups attached to an aromatic ring is 1. The summed E-state index contributed by atoms with van der Waals surface area (Å²) >= 11 is 0. The Bertz CT molecular complexity index is 349. The molecule has 0 bridgehead atoms. The minimum atomic E-state index is -0.270. The monoisotopic (exact) mass is 226 g/mol. The van der Waals surface area contributed by atoms with Gasteiger partial charge in [0.2, 0.25) is 0 Å². The largest absolute Gasteiger partial charge is 0.395 e. The summed E-state index contributed by atoms with van der Waals surface area (Å²) in [5, 5.41) is 9.31. The lowest BCUT2D eigenvalue weighted by molar-refractivity contribution is 0.0918. The molecule has 0 saturated heterocycles. The van der Waals surface area contributed by atoms with E-state index in [9.17, 15) is 4.79 Å². The Balaban J connectivity index is 2.49. The molecule has 1 aromatic rings. The number of nitrogens with two attached hydrogens (primary N) is 1. The molecular formula is C10H18N4O2. The third-order valence-electron chi connectivity index (χ3n) is 2.19. The molecule has 0 unspecified atom stereocenters. The van der Waals surface area contributed by atoms with Crippen LogP contribution >= 0.6 is 0 Å². The molecule has 0 aliphatic rings. The number of nitrogens with zero attached hydrogens (tertiary/aromatic N) is 1. The van der Waals surface area contributed by atoms with Crippen molar-refractivity contribution in [2.45, 2.75) is 20.3 Å². The number of hydrogen-bond acceptors (Lipinski definition) is 4. The molecule has 0 atom stereocenters. The Morgan fingerprint density at radius 1 is 1.56 bits per heavy atom. The van der Waals surface area contributed by atoms with Crippen molar-refractivity contribution in [2.24, 2.45) is 0 Å². The number of aromatic nitrogens is 2. The molecule has 1 amide bonds. The summed E-state index contributed by atoms with van der Waals surface area (Å²) in [7, 11) is 0. The Morgan fingerprint density at radius 2 is 2.31 bits per heavy atom. The highest BCUT2D eigenvalue weighted by Crippen LogP contribution is 2.13. The second-order valence-electron chi connectivity index (χ2n) is 3.27. The molecule has 0 spiro atoms. The number of H-pyrrole nitrogens is 1. The molecule has 6 heteroatoms. The van der Waals surface area contributed by atoms with Crippen LogP contribution in [-0.2, 0) is 11.2 Å². The predicted octanol–water partition coefficient (Wildman–Crippen LogP) is 0.321. The predicted molar refractivity (Wildman–Crippen MR) is 61.2 cm³/mol. The summed E-state index contributed by atoms with van der Waals surface area (Å²) in [5.41, 5.74) is 7.23. The highest BCUT2D eigenvalue weighted by molar-refractivity contribution is 5.97. The van der Waals surface area contributed by atoms with Crippen molar-refractivity contribution in [3.05, 3.63) is 11.4 Å². The molecule has 1 heterocycles. The molecule has 0 saturated carbocycles. The Hall–Kier alpha value is -1.56. The van der Waals surface area contributed by atoms with Crippen LogP contribution in [0.4, 0.5) is 5.69 Å². The van der Waals surface area contributed by atoms with E-state index in [1.54, 1.807) is 0 Å². The Labute approximate surface area is 94.5 Å². The minimum absolute atomic E-state index is 0.258. The van der Waals surface area contributed by atoms with E-state index in [1.165, 1.54) is 0 Å². The van der Waals surface area contributed by atoms with Gasteiger partial charge in [-0.05, 0) is 13.3 Å². The van der Waals surface area contributed by atoms with Crippen LogP contribution < -0.4 is 11.1 Å². The summed E-state index contributed by atoms with van der Waals surface area (Å²) < 4.78 is 5.10. The summed E-state index contributed by atoms with van der Waals surface area (Å²) in [5.74, 6) is -0.270. The third kappa shape index (κ3) is 2.96. The van der Waals surface area contributed by atoms with Crippen LogP contribution in [0.25, 0.3) is 0 Å². The first-order valence-corrected chi connectivity index (χ1v) is 5.39. The molecule has 0 aliphatic carbocycles. The fraction of sp³-hybridized carbons (Fsp3) is 0.600. The standard InChI is InChI=1S/C10H18N4O2/c1-3-7-8(11)9(14-13-7)10(15)12-5-6-16-4-2/h3-6,11H2,1-2H3,(H,12,15)(H,13,14). The number of hydrogen-bond donors (Lipinski definition) is 3. The van der Waals surface area contributed by atoms with E-state index in [4.69, 9.17) is 10.5 Å². The first kappa shape index (κ1) is 12.5. The zero-order valence-corrected chi connectivity index (χ0v) is 9.67. The normalized spacial score (nSPS) is 10.4. The van der Waals surface area contributed by atoms with Crippen molar-refractivity contribution in [1.82, 2.24) is 15.5 Å². The van der Waals surface area contributed by atoms with Gasteiger partial charge in [0.15, 0.2) is 5.69 Å². The number of carbonyl (C=O) groups is 1. The summed E-state index contributed by atoms with van der Waals surface area (Å²) in [6.07, 6.45) is 0.727. The summed E-state index contributed by atoms with van der Waals surface area (Å²) in [4.78, 5) is 11.6. The molecule has 1 aromatic heterocycles. The first-order valence-electron chi connectivity index (χ1n) is 5.39. The number of carbonyl (C=O) groups excluding carboxylic acids is 1. The molecule has 90 valence electrons. The SMILES string of the molecule is CCOCCNC(=O)c1n[nH]c(CC)c1N. The average Bonchev–Trinajstić information content (AvgIpc) is 2.65. The molecule has 6 nitrogen and oxygen atoms in total. The van der Waals surface area contributed by atoms with E-state index in [2.05, 4.69) is 15.5 Å². The van der Waals surface area contributed by atoms with Crippen LogP contribution in [0, 0.1) is 0 Å². The molecule has 0 radical (unpaired) electrons. The first-order chi connectivity index (χ1) is 7.70.